The van der Waals surface area contributed by atoms with E-state index in [0.29, 0.717) is 6.07 Å². The van der Waals surface area contributed by atoms with Gasteiger partial charge in [-0.1, -0.05) is 0 Å². The molecule has 1 aliphatic rings. The standard InChI is InChI=1S/C16H18F2N2O5/c1-10(21)20(9-15(22)23)8-14-7-19(2-3-25-14)16(24)11-4-12(17)6-13(18)5-11/h4-6,14H,2-3,7-9H2,1H3,(H,22,23). The summed E-state index contributed by atoms with van der Waals surface area (Å²) in [5.74, 6) is -3.84. The van der Waals surface area contributed by atoms with E-state index in [1.807, 2.05) is 0 Å². The highest BCUT2D eigenvalue weighted by Gasteiger charge is 2.28. The molecule has 1 atom stereocenters. The number of carboxylic acids is 1. The number of rotatable bonds is 5. The van der Waals surface area contributed by atoms with Crippen molar-refractivity contribution in [3.8, 4) is 0 Å². The summed E-state index contributed by atoms with van der Waals surface area (Å²) in [4.78, 5) is 37.2. The highest BCUT2D eigenvalue weighted by Crippen LogP contribution is 2.14. The first-order chi connectivity index (χ1) is 11.8. The molecule has 136 valence electrons. The minimum atomic E-state index is -1.16. The molecule has 1 N–H and O–H groups in total. The molecule has 1 aromatic rings. The zero-order chi connectivity index (χ0) is 18.6. The van der Waals surface area contributed by atoms with Crippen molar-refractivity contribution < 1.29 is 33.0 Å². The summed E-state index contributed by atoms with van der Waals surface area (Å²) in [6.45, 7) is 1.26. The van der Waals surface area contributed by atoms with Crippen molar-refractivity contribution in [2.24, 2.45) is 0 Å². The smallest absolute Gasteiger partial charge is 0.323 e. The van der Waals surface area contributed by atoms with Crippen LogP contribution in [0.1, 0.15) is 17.3 Å². The molecule has 0 radical (unpaired) electrons. The SMILES string of the molecule is CC(=O)N(CC(=O)O)CC1CN(C(=O)c2cc(F)cc(F)c2)CCO1. The van der Waals surface area contributed by atoms with Crippen molar-refractivity contribution in [1.29, 1.82) is 0 Å². The van der Waals surface area contributed by atoms with Gasteiger partial charge in [-0.25, -0.2) is 8.78 Å². The van der Waals surface area contributed by atoms with E-state index in [9.17, 15) is 23.2 Å². The summed E-state index contributed by atoms with van der Waals surface area (Å²) >= 11 is 0. The van der Waals surface area contributed by atoms with Gasteiger partial charge in [0.25, 0.3) is 5.91 Å². The molecule has 7 nitrogen and oxygen atoms in total. The topological polar surface area (TPSA) is 87.2 Å². The molecular weight excluding hydrogens is 338 g/mol. The molecule has 0 aliphatic carbocycles. The third kappa shape index (κ3) is 5.21. The lowest BCUT2D eigenvalue weighted by molar-refractivity contribution is -0.145. The normalized spacial score (nSPS) is 17.2. The molecule has 0 aromatic heterocycles. The van der Waals surface area contributed by atoms with Gasteiger partial charge in [0.2, 0.25) is 5.91 Å². The lowest BCUT2D eigenvalue weighted by Gasteiger charge is -2.35. The minimum absolute atomic E-state index is 0.00290. The predicted octanol–water partition coefficient (Wildman–Crippen LogP) is 0.739. The van der Waals surface area contributed by atoms with Gasteiger partial charge in [0.15, 0.2) is 0 Å². The number of ether oxygens (including phenoxy) is 1. The molecule has 2 amide bonds. The van der Waals surface area contributed by atoms with Gasteiger partial charge in [0, 0.05) is 38.2 Å². The Labute approximate surface area is 142 Å². The maximum absolute atomic E-state index is 13.3. The number of benzene rings is 1. The fourth-order valence-electron chi connectivity index (χ4n) is 2.59. The minimum Gasteiger partial charge on any atom is -0.480 e. The van der Waals surface area contributed by atoms with Crippen LogP contribution in [0.4, 0.5) is 8.78 Å². The van der Waals surface area contributed by atoms with Gasteiger partial charge < -0.3 is 19.6 Å². The molecule has 1 aliphatic heterocycles. The lowest BCUT2D eigenvalue weighted by atomic mass is 10.1. The molecule has 1 unspecified atom stereocenters. The van der Waals surface area contributed by atoms with Crippen LogP contribution in [0, 0.1) is 11.6 Å². The zero-order valence-corrected chi connectivity index (χ0v) is 13.6. The fraction of sp³-hybridized carbons (Fsp3) is 0.438. The first kappa shape index (κ1) is 18.8. The van der Waals surface area contributed by atoms with E-state index >= 15 is 0 Å². The van der Waals surface area contributed by atoms with Crippen LogP contribution in [0.25, 0.3) is 0 Å². The lowest BCUT2D eigenvalue weighted by Crippen LogP contribution is -2.51. The fourth-order valence-corrected chi connectivity index (χ4v) is 2.59. The van der Waals surface area contributed by atoms with E-state index in [2.05, 4.69) is 0 Å². The largest absolute Gasteiger partial charge is 0.480 e. The van der Waals surface area contributed by atoms with Gasteiger partial charge in [-0.3, -0.25) is 14.4 Å². The molecule has 2 rings (SSSR count). The number of nitrogens with zero attached hydrogens (tertiary/aromatic N) is 2. The Morgan fingerprint density at radius 2 is 1.92 bits per heavy atom. The van der Waals surface area contributed by atoms with Crippen LogP contribution >= 0.6 is 0 Å². The molecule has 0 bridgehead atoms. The number of aliphatic carboxylic acids is 1. The summed E-state index contributed by atoms with van der Waals surface area (Å²) in [6, 6.07) is 2.57. The van der Waals surface area contributed by atoms with Crippen LogP contribution in [0.5, 0.6) is 0 Å². The predicted molar refractivity (Wildman–Crippen MR) is 81.9 cm³/mol. The van der Waals surface area contributed by atoms with E-state index in [0.717, 1.165) is 17.0 Å². The van der Waals surface area contributed by atoms with Crippen LogP contribution in [-0.4, -0.2) is 71.6 Å². The quantitative estimate of drug-likeness (QED) is 0.841. The Bertz CT molecular complexity index is 662. The molecule has 25 heavy (non-hydrogen) atoms. The first-order valence-corrected chi connectivity index (χ1v) is 7.60. The average molecular weight is 356 g/mol. The molecule has 1 heterocycles. The van der Waals surface area contributed by atoms with E-state index in [4.69, 9.17) is 9.84 Å². The third-order valence-corrected chi connectivity index (χ3v) is 3.73. The molecule has 1 fully saturated rings. The Balaban J connectivity index is 2.05. The molecule has 1 saturated heterocycles. The Morgan fingerprint density at radius 3 is 2.48 bits per heavy atom. The van der Waals surface area contributed by atoms with Gasteiger partial charge in [0.1, 0.15) is 18.2 Å². The number of carbonyl (C=O) groups excluding carboxylic acids is 2. The van der Waals surface area contributed by atoms with Crippen LogP contribution < -0.4 is 0 Å². The van der Waals surface area contributed by atoms with E-state index in [1.54, 1.807) is 0 Å². The highest BCUT2D eigenvalue weighted by molar-refractivity contribution is 5.94. The van der Waals surface area contributed by atoms with E-state index in [1.165, 1.54) is 11.8 Å². The summed E-state index contributed by atoms with van der Waals surface area (Å²) in [7, 11) is 0. The van der Waals surface area contributed by atoms with Crippen LogP contribution in [0.15, 0.2) is 18.2 Å². The van der Waals surface area contributed by atoms with Crippen molar-refractivity contribution >= 4 is 17.8 Å². The summed E-state index contributed by atoms with van der Waals surface area (Å²) in [5.41, 5.74) is -0.118. The van der Waals surface area contributed by atoms with Crippen molar-refractivity contribution in [2.45, 2.75) is 13.0 Å². The Kier molecular flexibility index (Phi) is 6.02. The van der Waals surface area contributed by atoms with Gasteiger partial charge in [-0.2, -0.15) is 0 Å². The molecule has 0 spiro atoms. The van der Waals surface area contributed by atoms with E-state index < -0.39 is 42.1 Å². The summed E-state index contributed by atoms with van der Waals surface area (Å²) in [5, 5.41) is 8.83. The zero-order valence-electron chi connectivity index (χ0n) is 13.6. The molecule has 0 saturated carbocycles. The van der Waals surface area contributed by atoms with Gasteiger partial charge in [0.05, 0.1) is 12.7 Å². The second kappa shape index (κ2) is 8.02. The van der Waals surface area contributed by atoms with Crippen molar-refractivity contribution in [1.82, 2.24) is 9.80 Å². The number of hydrogen-bond acceptors (Lipinski definition) is 4. The second-order valence-electron chi connectivity index (χ2n) is 5.70. The highest BCUT2D eigenvalue weighted by atomic mass is 19.1. The monoisotopic (exact) mass is 356 g/mol. The molecular formula is C16H18F2N2O5. The number of carboxylic acid groups (broad SMARTS) is 1. The van der Waals surface area contributed by atoms with E-state index in [-0.39, 0.29) is 31.8 Å². The Hall–Kier alpha value is -2.55. The van der Waals surface area contributed by atoms with Crippen molar-refractivity contribution in [3.05, 3.63) is 35.4 Å². The van der Waals surface area contributed by atoms with Gasteiger partial charge in [-0.05, 0) is 12.1 Å². The first-order valence-electron chi connectivity index (χ1n) is 7.60. The average Bonchev–Trinajstić information content (AvgIpc) is 2.52. The number of halogens is 2. The van der Waals surface area contributed by atoms with Gasteiger partial charge in [-0.15, -0.1) is 0 Å². The summed E-state index contributed by atoms with van der Waals surface area (Å²) < 4.78 is 32.0. The number of amides is 2. The number of carbonyl (C=O) groups is 3. The Morgan fingerprint density at radius 1 is 1.28 bits per heavy atom. The van der Waals surface area contributed by atoms with Crippen molar-refractivity contribution in [2.75, 3.05) is 32.8 Å². The summed E-state index contributed by atoms with van der Waals surface area (Å²) in [6.07, 6.45) is -0.584. The van der Waals surface area contributed by atoms with Crippen LogP contribution in [-0.2, 0) is 14.3 Å². The van der Waals surface area contributed by atoms with Crippen LogP contribution in [0.2, 0.25) is 0 Å². The second-order valence-corrected chi connectivity index (χ2v) is 5.70. The molecule has 9 heteroatoms. The number of hydrogen-bond donors (Lipinski definition) is 1. The van der Waals surface area contributed by atoms with Crippen molar-refractivity contribution in [3.63, 3.8) is 0 Å². The van der Waals surface area contributed by atoms with Crippen LogP contribution in [0.3, 0.4) is 0 Å². The third-order valence-electron chi connectivity index (χ3n) is 3.73. The maximum Gasteiger partial charge on any atom is 0.323 e. The maximum atomic E-state index is 13.3. The number of morpholine rings is 1. The van der Waals surface area contributed by atoms with Gasteiger partial charge >= 0.3 is 5.97 Å². The molecule has 1 aromatic carbocycles.